The molecule has 1 aliphatic rings. The number of hydrogen-bond acceptors (Lipinski definition) is 5. The Kier molecular flexibility index (Phi) is 7.35. The van der Waals surface area contributed by atoms with Crippen LogP contribution >= 0.6 is 0 Å². The maximum atomic E-state index is 12.5. The predicted molar refractivity (Wildman–Crippen MR) is 117 cm³/mol. The van der Waals surface area contributed by atoms with Crippen LogP contribution in [0.15, 0.2) is 65.2 Å². The summed E-state index contributed by atoms with van der Waals surface area (Å²) in [5.74, 6) is 0.334. The highest BCUT2D eigenvalue weighted by Gasteiger charge is 2.15. The number of carbonyl (C=O) groups excluding carboxylic acids is 1. The van der Waals surface area contributed by atoms with E-state index in [9.17, 15) is 13.2 Å². The summed E-state index contributed by atoms with van der Waals surface area (Å²) >= 11 is 0. The largest absolute Gasteiger partial charge is 0.494 e. The molecule has 0 spiro atoms. The van der Waals surface area contributed by atoms with Crippen LogP contribution in [0.25, 0.3) is 0 Å². The van der Waals surface area contributed by atoms with Gasteiger partial charge >= 0.3 is 0 Å². The van der Waals surface area contributed by atoms with Crippen molar-refractivity contribution in [2.24, 2.45) is 0 Å². The molecule has 1 aliphatic carbocycles. The fraction of sp³-hybridized carbons (Fsp3) is 0.318. The maximum Gasteiger partial charge on any atom is 0.269 e. The normalized spacial score (nSPS) is 14.2. The number of sulfonamides is 1. The number of carbonyl (C=O) groups is 1. The molecule has 2 aromatic rings. The van der Waals surface area contributed by atoms with E-state index >= 15 is 0 Å². The van der Waals surface area contributed by atoms with Crippen LogP contribution in [-0.2, 0) is 10.0 Å². The van der Waals surface area contributed by atoms with Crippen LogP contribution in [0, 0.1) is 0 Å². The summed E-state index contributed by atoms with van der Waals surface area (Å²) < 4.78 is 32.9. The number of benzene rings is 2. The molecule has 7 nitrogen and oxygen atoms in total. The first kappa shape index (κ1) is 21.7. The molecule has 0 aromatic heterocycles. The average molecular weight is 430 g/mol. The van der Waals surface area contributed by atoms with Gasteiger partial charge in [-0.1, -0.05) is 12.5 Å². The van der Waals surface area contributed by atoms with E-state index in [0.29, 0.717) is 23.6 Å². The lowest BCUT2D eigenvalue weighted by atomic mass is 10.2. The molecule has 0 atom stereocenters. The highest BCUT2D eigenvalue weighted by atomic mass is 32.2. The van der Waals surface area contributed by atoms with Crippen molar-refractivity contribution in [1.82, 2.24) is 10.9 Å². The molecule has 1 amide bonds. The molecule has 8 heteroatoms. The zero-order valence-corrected chi connectivity index (χ0v) is 17.8. The molecule has 30 heavy (non-hydrogen) atoms. The number of ether oxygens (including phenoxy) is 1. The van der Waals surface area contributed by atoms with Crippen molar-refractivity contribution in [2.75, 3.05) is 11.3 Å². The number of anilines is 1. The molecule has 0 aliphatic heterocycles. The Morgan fingerprint density at radius 2 is 1.73 bits per heavy atom. The molecule has 160 valence electrons. The van der Waals surface area contributed by atoms with Crippen molar-refractivity contribution in [1.29, 1.82) is 0 Å². The molecule has 0 saturated carbocycles. The van der Waals surface area contributed by atoms with Crippen molar-refractivity contribution in [2.45, 2.75) is 43.9 Å². The van der Waals surface area contributed by atoms with Gasteiger partial charge in [-0.2, -0.15) is 0 Å². The molecule has 2 aromatic carbocycles. The average Bonchev–Trinajstić information content (AvgIpc) is 3.02. The highest BCUT2D eigenvalue weighted by molar-refractivity contribution is 7.92. The van der Waals surface area contributed by atoms with E-state index in [-0.39, 0.29) is 10.8 Å². The smallest absolute Gasteiger partial charge is 0.269 e. The van der Waals surface area contributed by atoms with Crippen LogP contribution in [0.3, 0.4) is 0 Å². The Morgan fingerprint density at radius 1 is 1.00 bits per heavy atom. The number of allylic oxidation sites excluding steroid dienone is 2. The Balaban J connectivity index is 1.59. The van der Waals surface area contributed by atoms with Gasteiger partial charge in [0, 0.05) is 16.9 Å². The van der Waals surface area contributed by atoms with Gasteiger partial charge in [0.25, 0.3) is 15.9 Å². The molecule has 0 saturated heterocycles. The van der Waals surface area contributed by atoms with E-state index in [4.69, 9.17) is 4.74 Å². The third kappa shape index (κ3) is 6.00. The monoisotopic (exact) mass is 429 g/mol. The molecule has 0 fully saturated rings. The second-order valence-corrected chi connectivity index (χ2v) is 8.68. The molecular formula is C22H27N3O4S. The molecule has 3 N–H and O–H groups in total. The summed E-state index contributed by atoms with van der Waals surface area (Å²) in [7, 11) is -3.73. The second kappa shape index (κ2) is 10.2. The van der Waals surface area contributed by atoms with Crippen molar-refractivity contribution in [3.8, 4) is 5.75 Å². The van der Waals surface area contributed by atoms with Gasteiger partial charge < -0.3 is 10.2 Å². The molecular weight excluding hydrogens is 402 g/mol. The van der Waals surface area contributed by atoms with E-state index in [0.717, 1.165) is 25.0 Å². The van der Waals surface area contributed by atoms with E-state index in [1.165, 1.54) is 25.0 Å². The quantitative estimate of drug-likeness (QED) is 0.552. The first-order valence-electron chi connectivity index (χ1n) is 10.1. The summed E-state index contributed by atoms with van der Waals surface area (Å²) in [6.45, 7) is 2.37. The van der Waals surface area contributed by atoms with E-state index < -0.39 is 10.0 Å². The van der Waals surface area contributed by atoms with Crippen LogP contribution in [0.2, 0.25) is 0 Å². The Morgan fingerprint density at radius 3 is 2.43 bits per heavy atom. The summed E-state index contributed by atoms with van der Waals surface area (Å²) in [5.41, 5.74) is 7.52. The number of hydrazine groups is 1. The summed E-state index contributed by atoms with van der Waals surface area (Å²) in [6.07, 6.45) is 7.54. The summed E-state index contributed by atoms with van der Waals surface area (Å²) in [5, 5.41) is 0. The van der Waals surface area contributed by atoms with Crippen molar-refractivity contribution >= 4 is 21.6 Å². The molecule has 3 rings (SSSR count). The summed E-state index contributed by atoms with van der Waals surface area (Å²) in [6, 6.07) is 12.5. The summed E-state index contributed by atoms with van der Waals surface area (Å²) in [4.78, 5) is 12.5. The van der Waals surface area contributed by atoms with Gasteiger partial charge in [0.2, 0.25) is 0 Å². The third-order valence-electron chi connectivity index (χ3n) is 4.72. The minimum atomic E-state index is -3.73. The van der Waals surface area contributed by atoms with Crippen LogP contribution in [0.1, 0.15) is 49.4 Å². The van der Waals surface area contributed by atoms with Crippen LogP contribution in [0.5, 0.6) is 5.75 Å². The Labute approximate surface area is 177 Å². The molecule has 0 radical (unpaired) electrons. The number of rotatable bonds is 8. The van der Waals surface area contributed by atoms with Crippen LogP contribution in [0.4, 0.5) is 5.69 Å². The number of hydrogen-bond donors (Lipinski definition) is 3. The van der Waals surface area contributed by atoms with E-state index in [1.54, 1.807) is 36.4 Å². The minimum Gasteiger partial charge on any atom is -0.494 e. The number of nitrogens with one attached hydrogen (secondary N) is 3. The second-order valence-electron chi connectivity index (χ2n) is 7.00. The van der Waals surface area contributed by atoms with Gasteiger partial charge in [0.05, 0.1) is 11.5 Å². The minimum absolute atomic E-state index is 0.133. The first-order chi connectivity index (χ1) is 14.5. The first-order valence-corrected chi connectivity index (χ1v) is 11.6. The van der Waals surface area contributed by atoms with Gasteiger partial charge in [-0.25, -0.2) is 8.42 Å². The zero-order valence-electron chi connectivity index (χ0n) is 17.0. The zero-order chi connectivity index (χ0) is 21.4. The lowest BCUT2D eigenvalue weighted by Crippen LogP contribution is -2.36. The topological polar surface area (TPSA) is 96.5 Å². The van der Waals surface area contributed by atoms with Gasteiger partial charge in [-0.15, -0.1) is 0 Å². The SMILES string of the molecule is CCOc1ccc(S(=O)(=O)Nc2ccc(C(=O)NNC3=CCCCCC3)cc2)cc1. The van der Waals surface area contributed by atoms with Crippen molar-refractivity contribution in [3.05, 3.63) is 65.9 Å². The Hall–Kier alpha value is -3.00. The molecule has 0 unspecified atom stereocenters. The molecule has 0 bridgehead atoms. The standard InChI is InChI=1S/C22H27N3O4S/c1-2-29-20-13-15-21(16-14-20)30(27,28)25-19-11-9-17(10-12-19)22(26)24-23-18-7-5-3-4-6-8-18/h7,9-16,23,25H,2-6,8H2,1H3,(H,24,26). The third-order valence-corrected chi connectivity index (χ3v) is 6.12. The van der Waals surface area contributed by atoms with Crippen molar-refractivity contribution < 1.29 is 17.9 Å². The van der Waals surface area contributed by atoms with Gasteiger partial charge in [-0.3, -0.25) is 14.9 Å². The van der Waals surface area contributed by atoms with E-state index in [2.05, 4.69) is 21.6 Å². The van der Waals surface area contributed by atoms with Crippen molar-refractivity contribution in [3.63, 3.8) is 0 Å². The maximum absolute atomic E-state index is 12.5. The van der Waals surface area contributed by atoms with Gasteiger partial charge in [-0.05, 0) is 81.1 Å². The molecule has 0 heterocycles. The van der Waals surface area contributed by atoms with E-state index in [1.807, 2.05) is 6.92 Å². The fourth-order valence-electron chi connectivity index (χ4n) is 3.12. The van der Waals surface area contributed by atoms with Crippen LogP contribution in [-0.4, -0.2) is 20.9 Å². The lowest BCUT2D eigenvalue weighted by Gasteiger charge is -2.12. The lowest BCUT2D eigenvalue weighted by molar-refractivity contribution is 0.0938. The predicted octanol–water partition coefficient (Wildman–Crippen LogP) is 3.97. The van der Waals surface area contributed by atoms with Crippen LogP contribution < -0.4 is 20.3 Å². The number of amides is 1. The van der Waals surface area contributed by atoms with Gasteiger partial charge in [0.1, 0.15) is 5.75 Å². The van der Waals surface area contributed by atoms with Gasteiger partial charge in [0.15, 0.2) is 0 Å². The Bertz CT molecular complexity index is 984. The highest BCUT2D eigenvalue weighted by Crippen LogP contribution is 2.20. The fourth-order valence-corrected chi connectivity index (χ4v) is 4.18.